The van der Waals surface area contributed by atoms with E-state index in [2.05, 4.69) is 15.8 Å². The van der Waals surface area contributed by atoms with E-state index in [-0.39, 0.29) is 11.7 Å². The monoisotopic (exact) mass is 459 g/mol. The minimum absolute atomic E-state index is 0.279. The predicted molar refractivity (Wildman–Crippen MR) is 130 cm³/mol. The SMILES string of the molecule is COc1ccc(C)cc1NC(=O)c1cc2ccccc2cc1O[C@H](C)C(=O)Nc1cc(C)on1. The molecule has 0 saturated heterocycles. The zero-order valence-corrected chi connectivity index (χ0v) is 19.3. The number of amides is 2. The van der Waals surface area contributed by atoms with Crippen molar-refractivity contribution in [1.29, 1.82) is 0 Å². The highest BCUT2D eigenvalue weighted by atomic mass is 16.5. The standard InChI is InChI=1S/C26H25N3O5/c1-15-9-10-22(32-4)21(11-15)27-26(31)20-13-18-7-5-6-8-19(18)14-23(20)33-17(3)25(30)28-24-12-16(2)34-29-24/h5-14,17H,1-4H3,(H,27,31)(H,28,29,30)/t17-/m1/s1. The Morgan fingerprint density at radius 1 is 0.941 bits per heavy atom. The van der Waals surface area contributed by atoms with Crippen LogP contribution in [-0.4, -0.2) is 30.2 Å². The first kappa shape index (κ1) is 22.8. The molecular formula is C26H25N3O5. The number of benzene rings is 3. The van der Waals surface area contributed by atoms with E-state index in [9.17, 15) is 9.59 Å². The van der Waals surface area contributed by atoms with Crippen LogP contribution in [0.2, 0.25) is 0 Å². The van der Waals surface area contributed by atoms with Gasteiger partial charge in [-0.1, -0.05) is 35.5 Å². The number of carbonyl (C=O) groups is 2. The molecule has 1 heterocycles. The summed E-state index contributed by atoms with van der Waals surface area (Å²) in [5.41, 5.74) is 1.80. The third kappa shape index (κ3) is 5.01. The van der Waals surface area contributed by atoms with Gasteiger partial charge >= 0.3 is 0 Å². The van der Waals surface area contributed by atoms with Crippen LogP contribution >= 0.6 is 0 Å². The molecule has 0 spiro atoms. The van der Waals surface area contributed by atoms with Crippen LogP contribution in [-0.2, 0) is 4.79 Å². The molecule has 0 bridgehead atoms. The van der Waals surface area contributed by atoms with Crippen LogP contribution in [0.15, 0.2) is 65.2 Å². The van der Waals surface area contributed by atoms with E-state index in [1.165, 1.54) is 0 Å². The maximum absolute atomic E-state index is 13.3. The molecule has 4 rings (SSSR count). The Balaban J connectivity index is 1.64. The number of hydrogen-bond acceptors (Lipinski definition) is 6. The zero-order chi connectivity index (χ0) is 24.2. The molecule has 0 radical (unpaired) electrons. The summed E-state index contributed by atoms with van der Waals surface area (Å²) in [4.78, 5) is 26.0. The Kier molecular flexibility index (Phi) is 6.49. The van der Waals surface area contributed by atoms with Gasteiger partial charge in [-0.15, -0.1) is 0 Å². The number of ether oxygens (including phenoxy) is 2. The molecule has 0 unspecified atom stereocenters. The van der Waals surface area contributed by atoms with Crippen molar-refractivity contribution in [2.24, 2.45) is 0 Å². The first-order valence-electron chi connectivity index (χ1n) is 10.7. The number of nitrogens with zero attached hydrogens (tertiary/aromatic N) is 1. The van der Waals surface area contributed by atoms with Crippen molar-refractivity contribution in [2.45, 2.75) is 26.9 Å². The number of fused-ring (bicyclic) bond motifs is 1. The molecule has 8 nitrogen and oxygen atoms in total. The quantitative estimate of drug-likeness (QED) is 0.398. The second-order valence-corrected chi connectivity index (χ2v) is 7.93. The van der Waals surface area contributed by atoms with Crippen LogP contribution in [0.1, 0.15) is 28.6 Å². The Hall–Kier alpha value is -4.33. The van der Waals surface area contributed by atoms with Gasteiger partial charge in [0.1, 0.15) is 17.3 Å². The molecule has 174 valence electrons. The Morgan fingerprint density at radius 3 is 2.35 bits per heavy atom. The van der Waals surface area contributed by atoms with Crippen LogP contribution in [0, 0.1) is 13.8 Å². The van der Waals surface area contributed by atoms with Gasteiger partial charge in [0.05, 0.1) is 18.4 Å². The summed E-state index contributed by atoms with van der Waals surface area (Å²) in [7, 11) is 1.54. The number of methoxy groups -OCH3 is 1. The van der Waals surface area contributed by atoms with E-state index in [4.69, 9.17) is 14.0 Å². The van der Waals surface area contributed by atoms with Crippen LogP contribution < -0.4 is 20.1 Å². The third-order valence-corrected chi connectivity index (χ3v) is 5.25. The molecule has 4 aromatic rings. The maximum atomic E-state index is 13.3. The van der Waals surface area contributed by atoms with Gasteiger partial charge in [0, 0.05) is 6.07 Å². The maximum Gasteiger partial charge on any atom is 0.266 e. The summed E-state index contributed by atoms with van der Waals surface area (Å²) in [6, 6.07) is 18.2. The van der Waals surface area contributed by atoms with E-state index < -0.39 is 12.0 Å². The fourth-order valence-electron chi connectivity index (χ4n) is 3.50. The molecule has 0 aliphatic carbocycles. The predicted octanol–water partition coefficient (Wildman–Crippen LogP) is 5.11. The van der Waals surface area contributed by atoms with Crippen molar-refractivity contribution in [2.75, 3.05) is 17.7 Å². The lowest BCUT2D eigenvalue weighted by molar-refractivity contribution is -0.122. The largest absolute Gasteiger partial charge is 0.495 e. The molecule has 1 atom stereocenters. The number of aryl methyl sites for hydroxylation is 2. The van der Waals surface area contributed by atoms with Crippen molar-refractivity contribution in [1.82, 2.24) is 5.16 Å². The van der Waals surface area contributed by atoms with Gasteiger partial charge in [0.15, 0.2) is 11.9 Å². The van der Waals surface area contributed by atoms with E-state index in [1.807, 2.05) is 43.3 Å². The van der Waals surface area contributed by atoms with Gasteiger partial charge in [-0.3, -0.25) is 9.59 Å². The molecule has 3 aromatic carbocycles. The highest BCUT2D eigenvalue weighted by molar-refractivity contribution is 6.09. The van der Waals surface area contributed by atoms with Crippen LogP contribution in [0.4, 0.5) is 11.5 Å². The van der Waals surface area contributed by atoms with Crippen LogP contribution in [0.25, 0.3) is 10.8 Å². The molecule has 0 saturated carbocycles. The van der Waals surface area contributed by atoms with Gasteiger partial charge in [-0.25, -0.2) is 0 Å². The highest BCUT2D eigenvalue weighted by Gasteiger charge is 2.22. The molecule has 1 aromatic heterocycles. The highest BCUT2D eigenvalue weighted by Crippen LogP contribution is 2.30. The lowest BCUT2D eigenvalue weighted by atomic mass is 10.0. The zero-order valence-electron chi connectivity index (χ0n) is 19.3. The van der Waals surface area contributed by atoms with Crippen LogP contribution in [0.5, 0.6) is 11.5 Å². The molecule has 34 heavy (non-hydrogen) atoms. The van der Waals surface area contributed by atoms with Gasteiger partial charge in [0.25, 0.3) is 11.8 Å². The molecule has 0 aliphatic heterocycles. The molecule has 0 aliphatic rings. The summed E-state index contributed by atoms with van der Waals surface area (Å²) < 4.78 is 16.3. The van der Waals surface area contributed by atoms with E-state index >= 15 is 0 Å². The summed E-state index contributed by atoms with van der Waals surface area (Å²) >= 11 is 0. The van der Waals surface area contributed by atoms with E-state index in [1.54, 1.807) is 45.2 Å². The fraction of sp³-hybridized carbons (Fsp3) is 0.192. The number of aromatic nitrogens is 1. The minimum Gasteiger partial charge on any atom is -0.495 e. The summed E-state index contributed by atoms with van der Waals surface area (Å²) in [6.45, 7) is 5.25. The number of rotatable bonds is 7. The number of nitrogens with one attached hydrogen (secondary N) is 2. The normalized spacial score (nSPS) is 11.6. The van der Waals surface area contributed by atoms with Crippen molar-refractivity contribution < 1.29 is 23.6 Å². The van der Waals surface area contributed by atoms with Gasteiger partial charge in [-0.2, -0.15) is 0 Å². The first-order valence-corrected chi connectivity index (χ1v) is 10.7. The summed E-state index contributed by atoms with van der Waals surface area (Å²) in [6.07, 6.45) is -0.904. The van der Waals surface area contributed by atoms with Gasteiger partial charge in [-0.05, 0) is 61.4 Å². The van der Waals surface area contributed by atoms with Crippen molar-refractivity contribution in [3.05, 3.63) is 77.6 Å². The Morgan fingerprint density at radius 2 is 1.68 bits per heavy atom. The molecular weight excluding hydrogens is 434 g/mol. The van der Waals surface area contributed by atoms with Crippen molar-refractivity contribution in [3.8, 4) is 11.5 Å². The fourth-order valence-corrected chi connectivity index (χ4v) is 3.50. The second kappa shape index (κ2) is 9.66. The average Bonchev–Trinajstić information content (AvgIpc) is 3.23. The summed E-state index contributed by atoms with van der Waals surface area (Å²) in [5, 5.41) is 11.1. The number of carbonyl (C=O) groups excluding carboxylic acids is 2. The Labute approximate surface area is 196 Å². The first-order chi connectivity index (χ1) is 16.3. The summed E-state index contributed by atoms with van der Waals surface area (Å²) in [5.74, 6) is 0.877. The van der Waals surface area contributed by atoms with Crippen LogP contribution in [0.3, 0.4) is 0 Å². The topological polar surface area (TPSA) is 103 Å². The molecule has 2 N–H and O–H groups in total. The third-order valence-electron chi connectivity index (χ3n) is 5.25. The van der Waals surface area contributed by atoms with Crippen molar-refractivity contribution in [3.63, 3.8) is 0 Å². The number of hydrogen-bond donors (Lipinski definition) is 2. The Bertz CT molecular complexity index is 1360. The molecule has 2 amide bonds. The van der Waals surface area contributed by atoms with E-state index in [0.29, 0.717) is 28.6 Å². The lowest BCUT2D eigenvalue weighted by Gasteiger charge is -2.18. The molecule has 0 fully saturated rings. The smallest absolute Gasteiger partial charge is 0.266 e. The molecule has 8 heteroatoms. The van der Waals surface area contributed by atoms with Gasteiger partial charge in [0.2, 0.25) is 0 Å². The lowest BCUT2D eigenvalue weighted by Crippen LogP contribution is -2.31. The average molecular weight is 460 g/mol. The second-order valence-electron chi connectivity index (χ2n) is 7.93. The number of anilines is 2. The van der Waals surface area contributed by atoms with Gasteiger partial charge < -0.3 is 24.6 Å². The minimum atomic E-state index is -0.904. The van der Waals surface area contributed by atoms with Crippen molar-refractivity contribution >= 4 is 34.1 Å². The van der Waals surface area contributed by atoms with E-state index in [0.717, 1.165) is 16.3 Å².